The standard InChI is InChI=1S/C14H28N2O2/c1-16(8-3-9-18-2)10-14(11-17,12-4-5-12)15-13-6-7-13/h12-13,15,17H,3-11H2,1-2H3. The summed E-state index contributed by atoms with van der Waals surface area (Å²) in [6, 6.07) is 0.658. The summed E-state index contributed by atoms with van der Waals surface area (Å²) in [5, 5.41) is 13.6. The first-order valence-corrected chi connectivity index (χ1v) is 7.26. The number of methoxy groups -OCH3 is 1. The van der Waals surface area contributed by atoms with Gasteiger partial charge in [-0.05, 0) is 45.1 Å². The molecule has 0 radical (unpaired) electrons. The van der Waals surface area contributed by atoms with Crippen molar-refractivity contribution in [2.75, 3.05) is 40.5 Å². The summed E-state index contributed by atoms with van der Waals surface area (Å²) < 4.78 is 5.09. The first-order chi connectivity index (χ1) is 8.70. The van der Waals surface area contributed by atoms with E-state index in [1.807, 2.05) is 0 Å². The highest BCUT2D eigenvalue weighted by molar-refractivity contribution is 5.05. The van der Waals surface area contributed by atoms with Gasteiger partial charge in [-0.25, -0.2) is 0 Å². The van der Waals surface area contributed by atoms with Crippen LogP contribution in [-0.2, 0) is 4.74 Å². The first-order valence-electron chi connectivity index (χ1n) is 7.26. The molecule has 0 aliphatic heterocycles. The van der Waals surface area contributed by atoms with E-state index in [0.717, 1.165) is 26.1 Å². The summed E-state index contributed by atoms with van der Waals surface area (Å²) in [6.45, 7) is 3.07. The van der Waals surface area contributed by atoms with Crippen molar-refractivity contribution in [3.8, 4) is 0 Å². The lowest BCUT2D eigenvalue weighted by molar-refractivity contribution is 0.0938. The summed E-state index contributed by atoms with van der Waals surface area (Å²) in [6.07, 6.45) is 6.16. The fourth-order valence-electron chi connectivity index (χ4n) is 2.83. The largest absolute Gasteiger partial charge is 0.394 e. The van der Waals surface area contributed by atoms with Crippen molar-refractivity contribution in [2.45, 2.75) is 43.7 Å². The Bertz CT molecular complexity index is 254. The highest BCUT2D eigenvalue weighted by Gasteiger charge is 2.47. The van der Waals surface area contributed by atoms with Crippen molar-refractivity contribution in [2.24, 2.45) is 5.92 Å². The second kappa shape index (κ2) is 6.33. The number of rotatable bonds is 10. The Morgan fingerprint density at radius 3 is 2.56 bits per heavy atom. The molecule has 0 spiro atoms. The lowest BCUT2D eigenvalue weighted by atomic mass is 9.93. The molecule has 2 fully saturated rings. The zero-order chi connectivity index (χ0) is 13.0. The summed E-state index contributed by atoms with van der Waals surface area (Å²) >= 11 is 0. The summed E-state index contributed by atoms with van der Waals surface area (Å²) in [5.74, 6) is 0.674. The van der Waals surface area contributed by atoms with Crippen molar-refractivity contribution >= 4 is 0 Å². The molecular weight excluding hydrogens is 228 g/mol. The average Bonchev–Trinajstić information content (AvgIpc) is 3.21. The summed E-state index contributed by atoms with van der Waals surface area (Å²) in [5.41, 5.74) is -0.0526. The van der Waals surface area contributed by atoms with E-state index in [2.05, 4.69) is 17.3 Å². The van der Waals surface area contributed by atoms with E-state index in [-0.39, 0.29) is 12.1 Å². The van der Waals surface area contributed by atoms with Gasteiger partial charge in [0.15, 0.2) is 0 Å². The third kappa shape index (κ3) is 3.92. The van der Waals surface area contributed by atoms with Crippen LogP contribution in [0.3, 0.4) is 0 Å². The monoisotopic (exact) mass is 256 g/mol. The third-order valence-electron chi connectivity index (χ3n) is 4.15. The van der Waals surface area contributed by atoms with Gasteiger partial charge in [-0.1, -0.05) is 0 Å². The summed E-state index contributed by atoms with van der Waals surface area (Å²) in [7, 11) is 3.90. The highest BCUT2D eigenvalue weighted by Crippen LogP contribution is 2.41. The topological polar surface area (TPSA) is 44.7 Å². The maximum atomic E-state index is 9.87. The predicted octanol–water partition coefficient (Wildman–Crippen LogP) is 0.848. The minimum absolute atomic E-state index is 0.0526. The van der Waals surface area contributed by atoms with Gasteiger partial charge in [-0.15, -0.1) is 0 Å². The maximum absolute atomic E-state index is 9.87. The predicted molar refractivity (Wildman–Crippen MR) is 72.7 cm³/mol. The molecule has 2 rings (SSSR count). The van der Waals surface area contributed by atoms with E-state index < -0.39 is 0 Å². The van der Waals surface area contributed by atoms with Gasteiger partial charge in [0.1, 0.15) is 0 Å². The molecule has 0 aromatic carbocycles. The van der Waals surface area contributed by atoms with Crippen LogP contribution in [0.15, 0.2) is 0 Å². The maximum Gasteiger partial charge on any atom is 0.0628 e. The molecule has 2 saturated carbocycles. The van der Waals surface area contributed by atoms with Gasteiger partial charge < -0.3 is 20.1 Å². The number of nitrogens with one attached hydrogen (secondary N) is 1. The van der Waals surface area contributed by atoms with Crippen LogP contribution in [0.4, 0.5) is 0 Å². The van der Waals surface area contributed by atoms with Gasteiger partial charge in [0.2, 0.25) is 0 Å². The van der Waals surface area contributed by atoms with Crippen LogP contribution in [0.1, 0.15) is 32.1 Å². The van der Waals surface area contributed by atoms with Gasteiger partial charge in [0.05, 0.1) is 12.1 Å². The van der Waals surface area contributed by atoms with Crippen LogP contribution in [0.25, 0.3) is 0 Å². The Kier molecular flexibility index (Phi) is 5.01. The number of ether oxygens (including phenoxy) is 1. The van der Waals surface area contributed by atoms with Gasteiger partial charge >= 0.3 is 0 Å². The fraction of sp³-hybridized carbons (Fsp3) is 1.00. The molecule has 2 N–H and O–H groups in total. The number of aliphatic hydroxyl groups excluding tert-OH is 1. The molecule has 0 amide bonds. The molecule has 2 aliphatic rings. The van der Waals surface area contributed by atoms with Crippen LogP contribution in [-0.4, -0.2) is 62.0 Å². The molecule has 1 unspecified atom stereocenters. The second-order valence-electron chi connectivity index (χ2n) is 6.09. The van der Waals surface area contributed by atoms with Crippen LogP contribution < -0.4 is 5.32 Å². The Morgan fingerprint density at radius 1 is 1.33 bits per heavy atom. The number of hydrogen-bond donors (Lipinski definition) is 2. The SMILES string of the molecule is COCCCN(C)CC(CO)(NC1CC1)C1CC1. The van der Waals surface area contributed by atoms with Crippen molar-refractivity contribution in [3.05, 3.63) is 0 Å². The zero-order valence-electron chi connectivity index (χ0n) is 11.8. The normalized spacial score (nSPS) is 23.3. The first kappa shape index (κ1) is 14.3. The van der Waals surface area contributed by atoms with Gasteiger partial charge in [0, 0.05) is 32.8 Å². The minimum Gasteiger partial charge on any atom is -0.394 e. The van der Waals surface area contributed by atoms with Crippen LogP contribution in [0, 0.1) is 5.92 Å². The van der Waals surface area contributed by atoms with Crippen LogP contribution >= 0.6 is 0 Å². The third-order valence-corrected chi connectivity index (χ3v) is 4.15. The van der Waals surface area contributed by atoms with Gasteiger partial charge in [-0.3, -0.25) is 0 Å². The average molecular weight is 256 g/mol. The highest BCUT2D eigenvalue weighted by atomic mass is 16.5. The molecule has 0 bridgehead atoms. The molecule has 0 aromatic heterocycles. The lowest BCUT2D eigenvalue weighted by Crippen LogP contribution is -2.58. The number of nitrogens with zero attached hydrogens (tertiary/aromatic N) is 1. The summed E-state index contributed by atoms with van der Waals surface area (Å²) in [4.78, 5) is 2.34. The Labute approximate surface area is 111 Å². The Balaban J connectivity index is 1.83. The van der Waals surface area contributed by atoms with E-state index >= 15 is 0 Å². The van der Waals surface area contributed by atoms with E-state index in [1.165, 1.54) is 25.7 Å². The van der Waals surface area contributed by atoms with Crippen molar-refractivity contribution in [1.29, 1.82) is 0 Å². The molecule has 4 heteroatoms. The molecule has 106 valence electrons. The van der Waals surface area contributed by atoms with Gasteiger partial charge in [0.25, 0.3) is 0 Å². The smallest absolute Gasteiger partial charge is 0.0628 e. The quantitative estimate of drug-likeness (QED) is 0.569. The number of hydrogen-bond acceptors (Lipinski definition) is 4. The zero-order valence-corrected chi connectivity index (χ0v) is 11.8. The molecule has 1 atom stereocenters. The number of aliphatic hydroxyl groups is 1. The van der Waals surface area contributed by atoms with Crippen molar-refractivity contribution in [1.82, 2.24) is 10.2 Å². The number of likely N-dealkylation sites (N-methyl/N-ethyl adjacent to an activating group) is 1. The lowest BCUT2D eigenvalue weighted by Gasteiger charge is -2.37. The fourth-order valence-corrected chi connectivity index (χ4v) is 2.83. The van der Waals surface area contributed by atoms with E-state index in [1.54, 1.807) is 7.11 Å². The second-order valence-corrected chi connectivity index (χ2v) is 6.09. The van der Waals surface area contributed by atoms with Crippen molar-refractivity contribution < 1.29 is 9.84 Å². The molecular formula is C14H28N2O2. The van der Waals surface area contributed by atoms with E-state index in [4.69, 9.17) is 4.74 Å². The van der Waals surface area contributed by atoms with Crippen molar-refractivity contribution in [3.63, 3.8) is 0 Å². The van der Waals surface area contributed by atoms with Gasteiger partial charge in [-0.2, -0.15) is 0 Å². The van der Waals surface area contributed by atoms with Crippen LogP contribution in [0.5, 0.6) is 0 Å². The molecule has 2 aliphatic carbocycles. The van der Waals surface area contributed by atoms with E-state index in [0.29, 0.717) is 12.0 Å². The molecule has 4 nitrogen and oxygen atoms in total. The van der Waals surface area contributed by atoms with E-state index in [9.17, 15) is 5.11 Å². The minimum atomic E-state index is -0.0526. The Hall–Kier alpha value is -0.160. The van der Waals surface area contributed by atoms with Crippen LogP contribution in [0.2, 0.25) is 0 Å². The molecule has 0 saturated heterocycles. The Morgan fingerprint density at radius 2 is 2.06 bits per heavy atom. The molecule has 0 aromatic rings. The molecule has 18 heavy (non-hydrogen) atoms. The molecule has 0 heterocycles.